The number of carbonyl (C=O) groups excluding carboxylic acids is 1. The van der Waals surface area contributed by atoms with E-state index in [1.54, 1.807) is 7.11 Å². The number of hydrogen-bond acceptors (Lipinski definition) is 4. The number of rotatable bonds is 1. The maximum absolute atomic E-state index is 11.5. The van der Waals surface area contributed by atoms with E-state index in [1.165, 1.54) is 0 Å². The Morgan fingerprint density at radius 2 is 2.31 bits per heavy atom. The van der Waals surface area contributed by atoms with E-state index in [-0.39, 0.29) is 12.3 Å². The van der Waals surface area contributed by atoms with Gasteiger partial charge in [0, 0.05) is 26.1 Å². The van der Waals surface area contributed by atoms with Gasteiger partial charge in [-0.15, -0.1) is 0 Å². The second-order valence-corrected chi connectivity index (χ2v) is 3.72. The van der Waals surface area contributed by atoms with E-state index in [0.717, 1.165) is 19.4 Å². The van der Waals surface area contributed by atoms with Gasteiger partial charge in [0.05, 0.1) is 6.04 Å². The molecule has 0 saturated carbocycles. The van der Waals surface area contributed by atoms with Crippen LogP contribution in [0.5, 0.6) is 0 Å². The minimum Gasteiger partial charge on any atom is -0.367 e. The molecule has 3 unspecified atom stereocenters. The third kappa shape index (κ3) is 1.75. The van der Waals surface area contributed by atoms with E-state index in [9.17, 15) is 4.79 Å². The summed E-state index contributed by atoms with van der Waals surface area (Å²) in [6, 6.07) is 0.306. The van der Waals surface area contributed by atoms with Crippen LogP contribution in [0.4, 0.5) is 0 Å². The van der Waals surface area contributed by atoms with Crippen molar-refractivity contribution >= 4 is 5.78 Å². The molecular weight excluding hydrogens is 168 g/mol. The molecule has 13 heavy (non-hydrogen) atoms. The Bertz CT molecular complexity index is 208. The van der Waals surface area contributed by atoms with Gasteiger partial charge in [-0.2, -0.15) is 0 Å². The standard InChI is InChI=1S/C9H16N2O2/c1-13-8-3-2-6-9(11-8)7(12)4-5-10-6/h6,8-11H,2-5H2,1H3. The predicted molar refractivity (Wildman–Crippen MR) is 48.4 cm³/mol. The maximum Gasteiger partial charge on any atom is 0.152 e. The van der Waals surface area contributed by atoms with Crippen LogP contribution in [0, 0.1) is 0 Å². The summed E-state index contributed by atoms with van der Waals surface area (Å²) in [6.45, 7) is 0.833. The molecule has 0 aromatic heterocycles. The molecule has 0 amide bonds. The fraction of sp³-hybridized carbons (Fsp3) is 0.889. The van der Waals surface area contributed by atoms with Gasteiger partial charge in [-0.3, -0.25) is 10.1 Å². The molecule has 0 bridgehead atoms. The molecule has 3 atom stereocenters. The average molecular weight is 184 g/mol. The zero-order valence-corrected chi connectivity index (χ0v) is 7.88. The van der Waals surface area contributed by atoms with Gasteiger partial charge in [-0.25, -0.2) is 0 Å². The lowest BCUT2D eigenvalue weighted by Crippen LogP contribution is -2.62. The number of methoxy groups -OCH3 is 1. The third-order valence-electron chi connectivity index (χ3n) is 2.92. The number of Topliss-reactive ketones (excluding diaryl/α,β-unsaturated/α-hetero) is 1. The summed E-state index contributed by atoms with van der Waals surface area (Å²) >= 11 is 0. The second kappa shape index (κ2) is 3.74. The number of ether oxygens (including phenoxy) is 1. The summed E-state index contributed by atoms with van der Waals surface area (Å²) < 4.78 is 5.20. The van der Waals surface area contributed by atoms with Crippen LogP contribution in [0.15, 0.2) is 0 Å². The number of carbonyl (C=O) groups is 1. The second-order valence-electron chi connectivity index (χ2n) is 3.72. The van der Waals surface area contributed by atoms with Crippen molar-refractivity contribution in [3.05, 3.63) is 0 Å². The molecule has 2 fully saturated rings. The van der Waals surface area contributed by atoms with E-state index in [1.807, 2.05) is 0 Å². The Morgan fingerprint density at radius 1 is 1.46 bits per heavy atom. The van der Waals surface area contributed by atoms with E-state index in [2.05, 4.69) is 10.6 Å². The topological polar surface area (TPSA) is 50.4 Å². The fourth-order valence-electron chi connectivity index (χ4n) is 2.16. The Morgan fingerprint density at radius 3 is 3.08 bits per heavy atom. The van der Waals surface area contributed by atoms with Crippen molar-refractivity contribution < 1.29 is 9.53 Å². The number of hydrogen-bond donors (Lipinski definition) is 2. The van der Waals surface area contributed by atoms with Crippen LogP contribution in [0.1, 0.15) is 19.3 Å². The van der Waals surface area contributed by atoms with Gasteiger partial charge < -0.3 is 10.1 Å². The molecule has 2 rings (SSSR count). The van der Waals surface area contributed by atoms with Crippen molar-refractivity contribution in [2.75, 3.05) is 13.7 Å². The van der Waals surface area contributed by atoms with Gasteiger partial charge in [0.15, 0.2) is 5.78 Å². The first-order chi connectivity index (χ1) is 6.31. The van der Waals surface area contributed by atoms with Crippen molar-refractivity contribution in [3.63, 3.8) is 0 Å². The van der Waals surface area contributed by atoms with Gasteiger partial charge in [0.2, 0.25) is 0 Å². The summed E-state index contributed by atoms with van der Waals surface area (Å²) in [5.41, 5.74) is 0. The van der Waals surface area contributed by atoms with Crippen molar-refractivity contribution in [2.45, 2.75) is 37.6 Å². The number of fused-ring (bicyclic) bond motifs is 1. The first-order valence-electron chi connectivity index (χ1n) is 4.86. The monoisotopic (exact) mass is 184 g/mol. The van der Waals surface area contributed by atoms with E-state index in [0.29, 0.717) is 18.2 Å². The minimum absolute atomic E-state index is 0.0209. The zero-order valence-electron chi connectivity index (χ0n) is 7.88. The first-order valence-corrected chi connectivity index (χ1v) is 4.86. The molecule has 0 spiro atoms. The summed E-state index contributed by atoms with van der Waals surface area (Å²) in [6.07, 6.45) is 2.72. The maximum atomic E-state index is 11.5. The zero-order chi connectivity index (χ0) is 9.26. The largest absolute Gasteiger partial charge is 0.367 e. The van der Waals surface area contributed by atoms with Crippen molar-refractivity contribution in [3.8, 4) is 0 Å². The highest BCUT2D eigenvalue weighted by atomic mass is 16.5. The van der Waals surface area contributed by atoms with E-state index < -0.39 is 0 Å². The predicted octanol–water partition coefficient (Wildman–Crippen LogP) is -0.358. The SMILES string of the molecule is COC1CCC2NCCC(=O)C2N1. The molecule has 74 valence electrons. The van der Waals surface area contributed by atoms with Crippen LogP contribution < -0.4 is 10.6 Å². The highest BCUT2D eigenvalue weighted by molar-refractivity contribution is 5.86. The van der Waals surface area contributed by atoms with Crippen LogP contribution in [-0.4, -0.2) is 37.7 Å². The highest BCUT2D eigenvalue weighted by Crippen LogP contribution is 2.18. The number of piperidine rings is 2. The first kappa shape index (κ1) is 9.12. The normalized spacial score (nSPS) is 40.1. The third-order valence-corrected chi connectivity index (χ3v) is 2.92. The Kier molecular flexibility index (Phi) is 2.62. The minimum atomic E-state index is -0.0209. The van der Waals surface area contributed by atoms with Crippen LogP contribution >= 0.6 is 0 Å². The lowest BCUT2D eigenvalue weighted by molar-refractivity contribution is -0.126. The van der Waals surface area contributed by atoms with E-state index in [4.69, 9.17) is 4.74 Å². The molecule has 2 aliphatic heterocycles. The van der Waals surface area contributed by atoms with Gasteiger partial charge in [0.25, 0.3) is 0 Å². The molecule has 0 aromatic carbocycles. The Labute approximate surface area is 78.0 Å². The van der Waals surface area contributed by atoms with Crippen LogP contribution in [0.2, 0.25) is 0 Å². The summed E-state index contributed by atoms with van der Waals surface area (Å²) in [7, 11) is 1.68. The van der Waals surface area contributed by atoms with Gasteiger partial charge >= 0.3 is 0 Å². The van der Waals surface area contributed by atoms with Crippen molar-refractivity contribution in [1.82, 2.24) is 10.6 Å². The highest BCUT2D eigenvalue weighted by Gasteiger charge is 2.36. The van der Waals surface area contributed by atoms with Gasteiger partial charge in [-0.05, 0) is 12.8 Å². The molecule has 4 heteroatoms. The van der Waals surface area contributed by atoms with Gasteiger partial charge in [0.1, 0.15) is 6.23 Å². The summed E-state index contributed by atoms with van der Waals surface area (Å²) in [5, 5.41) is 6.58. The molecule has 2 heterocycles. The average Bonchev–Trinajstić information content (AvgIpc) is 2.18. The molecule has 0 radical (unpaired) electrons. The fourth-order valence-corrected chi connectivity index (χ4v) is 2.16. The molecule has 0 aromatic rings. The Hall–Kier alpha value is -0.450. The van der Waals surface area contributed by atoms with E-state index >= 15 is 0 Å². The van der Waals surface area contributed by atoms with Crippen molar-refractivity contribution in [2.24, 2.45) is 0 Å². The van der Waals surface area contributed by atoms with Crippen LogP contribution in [0.25, 0.3) is 0 Å². The quantitative estimate of drug-likeness (QED) is 0.584. The van der Waals surface area contributed by atoms with Crippen LogP contribution in [0.3, 0.4) is 0 Å². The molecule has 2 N–H and O–H groups in total. The Balaban J connectivity index is 2.01. The number of nitrogens with one attached hydrogen (secondary N) is 2. The van der Waals surface area contributed by atoms with Crippen molar-refractivity contribution in [1.29, 1.82) is 0 Å². The smallest absolute Gasteiger partial charge is 0.152 e. The van der Waals surface area contributed by atoms with Crippen LogP contribution in [-0.2, 0) is 9.53 Å². The molecule has 2 saturated heterocycles. The summed E-state index contributed by atoms with van der Waals surface area (Å²) in [5.74, 6) is 0.325. The summed E-state index contributed by atoms with van der Waals surface area (Å²) in [4.78, 5) is 11.5. The lowest BCUT2D eigenvalue weighted by atomic mass is 9.90. The van der Waals surface area contributed by atoms with Gasteiger partial charge in [-0.1, -0.05) is 0 Å². The molecule has 4 nitrogen and oxygen atoms in total. The number of ketones is 1. The molecular formula is C9H16N2O2. The molecule has 2 aliphatic rings. The molecule has 0 aliphatic carbocycles. The lowest BCUT2D eigenvalue weighted by Gasteiger charge is -2.39.